The fraction of sp³-hybridized carbons (Fsp3) is 0.486. The molecule has 0 saturated heterocycles. The molecule has 0 nitrogen and oxygen atoms in total. The predicted octanol–water partition coefficient (Wildman–Crippen LogP) is 11.1. The van der Waals surface area contributed by atoms with Gasteiger partial charge in [0.25, 0.3) is 0 Å². The Morgan fingerprint density at radius 3 is 1.06 bits per heavy atom. The van der Waals surface area contributed by atoms with Crippen molar-refractivity contribution >= 4 is 8.58 Å². The van der Waals surface area contributed by atoms with Gasteiger partial charge in [-0.15, -0.1) is 8.58 Å². The van der Waals surface area contributed by atoms with Crippen molar-refractivity contribution in [2.24, 2.45) is 0 Å². The van der Waals surface area contributed by atoms with Crippen LogP contribution in [0.4, 0.5) is 0 Å². The monoisotopic (exact) mass is 500 g/mol. The molecule has 3 aromatic rings. The van der Waals surface area contributed by atoms with Gasteiger partial charge in [0.15, 0.2) is 0 Å². The van der Waals surface area contributed by atoms with Crippen LogP contribution in [0.5, 0.6) is 0 Å². The summed E-state index contributed by atoms with van der Waals surface area (Å²) in [6, 6.07) is 33.6. The second kappa shape index (κ2) is 17.5. The minimum absolute atomic E-state index is 0.0552. The smallest absolute Gasteiger partial charge is 0.0619 e. The molecule has 36 heavy (non-hydrogen) atoms. The summed E-state index contributed by atoms with van der Waals surface area (Å²) >= 11 is 0. The van der Waals surface area contributed by atoms with Gasteiger partial charge in [-0.2, -0.15) is 0 Å². The molecular formula is C35H49P. The average molecular weight is 501 g/mol. The minimum Gasteiger partial charge on any atom is -0.101 e. The topological polar surface area (TPSA) is 0 Å². The van der Waals surface area contributed by atoms with Gasteiger partial charge in [0.2, 0.25) is 0 Å². The summed E-state index contributed by atoms with van der Waals surface area (Å²) < 4.78 is 0. The zero-order valence-corrected chi connectivity index (χ0v) is 23.8. The van der Waals surface area contributed by atoms with Gasteiger partial charge < -0.3 is 0 Å². The zero-order valence-electron chi connectivity index (χ0n) is 22.8. The first-order valence-electron chi connectivity index (χ1n) is 14.8. The molecule has 1 heteroatoms. The highest BCUT2D eigenvalue weighted by Gasteiger charge is 2.35. The van der Waals surface area contributed by atoms with E-state index in [0.717, 1.165) is 8.58 Å². The van der Waals surface area contributed by atoms with Gasteiger partial charge in [-0.05, 0) is 29.3 Å². The van der Waals surface area contributed by atoms with Crippen molar-refractivity contribution in [3.63, 3.8) is 0 Å². The van der Waals surface area contributed by atoms with Crippen LogP contribution in [0.2, 0.25) is 0 Å². The van der Waals surface area contributed by atoms with Crippen molar-refractivity contribution in [2.75, 3.05) is 6.16 Å². The van der Waals surface area contributed by atoms with Gasteiger partial charge >= 0.3 is 0 Å². The van der Waals surface area contributed by atoms with E-state index in [0.29, 0.717) is 0 Å². The number of rotatable bonds is 19. The van der Waals surface area contributed by atoms with Crippen molar-refractivity contribution in [3.8, 4) is 0 Å². The Morgan fingerprint density at radius 2 is 0.722 bits per heavy atom. The maximum atomic E-state index is 2.33. The van der Waals surface area contributed by atoms with Crippen molar-refractivity contribution in [2.45, 2.75) is 102 Å². The number of hydrogen-bond donors (Lipinski definition) is 0. The van der Waals surface area contributed by atoms with Crippen LogP contribution < -0.4 is 0 Å². The summed E-state index contributed by atoms with van der Waals surface area (Å²) in [5.41, 5.74) is 4.27. The molecule has 194 valence electrons. The van der Waals surface area contributed by atoms with Crippen molar-refractivity contribution in [1.82, 2.24) is 0 Å². The maximum absolute atomic E-state index is 2.33. The summed E-state index contributed by atoms with van der Waals surface area (Å²) in [7, 11) is 0.837. The molecule has 0 spiro atoms. The molecule has 0 amide bonds. The van der Waals surface area contributed by atoms with Crippen LogP contribution in [0, 0.1) is 0 Å². The molecule has 0 aliphatic heterocycles. The van der Waals surface area contributed by atoms with Crippen LogP contribution in [0.25, 0.3) is 0 Å². The number of benzene rings is 3. The van der Waals surface area contributed by atoms with Gasteiger partial charge in [0.1, 0.15) is 0 Å². The lowest BCUT2D eigenvalue weighted by Crippen LogP contribution is -2.24. The third-order valence-electron chi connectivity index (χ3n) is 7.54. The van der Waals surface area contributed by atoms with E-state index in [1.165, 1.54) is 113 Å². The molecule has 0 fully saturated rings. The first kappa shape index (κ1) is 28.7. The molecule has 3 aromatic carbocycles. The Bertz CT molecular complexity index is 806. The molecule has 3 rings (SSSR count). The van der Waals surface area contributed by atoms with E-state index in [1.807, 2.05) is 0 Å². The lowest BCUT2D eigenvalue weighted by Gasteiger charge is -2.36. The van der Waals surface area contributed by atoms with Crippen molar-refractivity contribution in [1.29, 1.82) is 0 Å². The lowest BCUT2D eigenvalue weighted by molar-refractivity contribution is 0.538. The highest BCUT2D eigenvalue weighted by atomic mass is 31.1. The van der Waals surface area contributed by atoms with Gasteiger partial charge in [-0.25, -0.2) is 0 Å². The third-order valence-corrected chi connectivity index (χ3v) is 9.54. The fourth-order valence-electron chi connectivity index (χ4n) is 5.47. The van der Waals surface area contributed by atoms with E-state index in [-0.39, 0.29) is 5.16 Å². The molecule has 0 aliphatic rings. The van der Waals surface area contributed by atoms with E-state index < -0.39 is 0 Å². The molecule has 1 atom stereocenters. The molecule has 0 aromatic heterocycles. The average Bonchev–Trinajstić information content (AvgIpc) is 2.94. The van der Waals surface area contributed by atoms with E-state index >= 15 is 0 Å². The Hall–Kier alpha value is -1.91. The number of hydrogen-bond acceptors (Lipinski definition) is 0. The van der Waals surface area contributed by atoms with Crippen LogP contribution in [-0.2, 0) is 5.16 Å². The molecule has 1 unspecified atom stereocenters. The molecule has 0 aliphatic carbocycles. The van der Waals surface area contributed by atoms with Crippen LogP contribution >= 0.6 is 8.58 Å². The van der Waals surface area contributed by atoms with Crippen LogP contribution in [0.3, 0.4) is 0 Å². The van der Waals surface area contributed by atoms with Crippen LogP contribution in [0.15, 0.2) is 91.0 Å². The SMILES string of the molecule is CCCCCCCCCCCCCCCCPC(c1ccccc1)(c1ccccc1)c1ccccc1. The Morgan fingerprint density at radius 1 is 0.417 bits per heavy atom. The Balaban J connectivity index is 1.45. The van der Waals surface area contributed by atoms with Crippen molar-refractivity contribution < 1.29 is 0 Å². The first-order chi connectivity index (χ1) is 17.9. The summed E-state index contributed by atoms with van der Waals surface area (Å²) in [6.07, 6.45) is 21.2. The standard InChI is InChI=1S/C35H49P/c1-2-3-4-5-6-7-8-9-10-11-12-13-14-24-31-36-35(32-25-18-15-19-26-32,33-27-20-16-21-28-33)34-29-22-17-23-30-34/h15-23,25-30,36H,2-14,24,31H2,1H3. The summed E-state index contributed by atoms with van der Waals surface area (Å²) in [4.78, 5) is 0. The zero-order chi connectivity index (χ0) is 25.2. The van der Waals surface area contributed by atoms with Crippen LogP contribution in [0.1, 0.15) is 114 Å². The summed E-state index contributed by atoms with van der Waals surface area (Å²) in [6.45, 7) is 2.30. The molecule has 0 bridgehead atoms. The Kier molecular flexibility index (Phi) is 14.0. The van der Waals surface area contributed by atoms with Crippen LogP contribution in [-0.4, -0.2) is 6.16 Å². The molecule has 0 saturated carbocycles. The van der Waals surface area contributed by atoms with Gasteiger partial charge in [0.05, 0.1) is 5.16 Å². The Labute approximate surface area is 224 Å². The summed E-state index contributed by atoms with van der Waals surface area (Å²) in [5.74, 6) is 0. The predicted molar refractivity (Wildman–Crippen MR) is 163 cm³/mol. The van der Waals surface area contributed by atoms with Crippen molar-refractivity contribution in [3.05, 3.63) is 108 Å². The van der Waals surface area contributed by atoms with E-state index in [2.05, 4.69) is 97.9 Å². The lowest BCUT2D eigenvalue weighted by atomic mass is 9.84. The number of unbranched alkanes of at least 4 members (excludes halogenated alkanes) is 13. The fourth-order valence-corrected chi connectivity index (χ4v) is 7.38. The third kappa shape index (κ3) is 9.19. The summed E-state index contributed by atoms with van der Waals surface area (Å²) in [5, 5.41) is -0.0552. The van der Waals surface area contributed by atoms with E-state index in [4.69, 9.17) is 0 Å². The quantitative estimate of drug-likeness (QED) is 0.0872. The molecule has 0 N–H and O–H groups in total. The maximum Gasteiger partial charge on any atom is 0.0619 e. The highest BCUT2D eigenvalue weighted by Crippen LogP contribution is 2.52. The second-order valence-corrected chi connectivity index (χ2v) is 12.0. The van der Waals surface area contributed by atoms with E-state index in [1.54, 1.807) is 0 Å². The minimum atomic E-state index is -0.0552. The van der Waals surface area contributed by atoms with Gasteiger partial charge in [-0.3, -0.25) is 0 Å². The molecular weight excluding hydrogens is 451 g/mol. The molecule has 0 radical (unpaired) electrons. The van der Waals surface area contributed by atoms with Gasteiger partial charge in [0, 0.05) is 0 Å². The normalized spacial score (nSPS) is 11.9. The van der Waals surface area contributed by atoms with Gasteiger partial charge in [-0.1, -0.05) is 181 Å². The largest absolute Gasteiger partial charge is 0.101 e. The highest BCUT2D eigenvalue weighted by molar-refractivity contribution is 7.40. The van der Waals surface area contributed by atoms with E-state index in [9.17, 15) is 0 Å². The molecule has 0 heterocycles. The second-order valence-electron chi connectivity index (χ2n) is 10.4. The first-order valence-corrected chi connectivity index (χ1v) is 16.0.